The fourth-order valence-corrected chi connectivity index (χ4v) is 4.38. The lowest BCUT2D eigenvalue weighted by Gasteiger charge is -2.35. The monoisotopic (exact) mass is 391 g/mol. The van der Waals surface area contributed by atoms with Gasteiger partial charge in [0.2, 0.25) is 10.0 Å². The summed E-state index contributed by atoms with van der Waals surface area (Å²) in [5, 5.41) is 19.8. The molecule has 1 aliphatic heterocycles. The molecule has 27 heavy (non-hydrogen) atoms. The molecule has 1 saturated heterocycles. The molecule has 1 aliphatic rings. The van der Waals surface area contributed by atoms with Crippen molar-refractivity contribution in [3.05, 3.63) is 64.2 Å². The average molecular weight is 391 g/mol. The van der Waals surface area contributed by atoms with E-state index in [1.807, 2.05) is 4.90 Å². The number of aromatic carboxylic acids is 1. The molecule has 1 fully saturated rings. The first kappa shape index (κ1) is 18.8. The molecule has 10 heteroatoms. The summed E-state index contributed by atoms with van der Waals surface area (Å²) in [7, 11) is -3.79. The van der Waals surface area contributed by atoms with Crippen LogP contribution < -0.4 is 4.90 Å². The van der Waals surface area contributed by atoms with Gasteiger partial charge in [-0.3, -0.25) is 10.1 Å². The van der Waals surface area contributed by atoms with Gasteiger partial charge in [-0.15, -0.1) is 0 Å². The standard InChI is InChI=1S/C17H17N3O6S/c21-17(22)13-2-1-3-16(12-13)27(25,26)19-10-8-18(9-11-19)14-4-6-15(7-5-14)20(23)24/h1-7,12H,8-11H2,(H,21,22). The van der Waals surface area contributed by atoms with Crippen LogP contribution in [0.5, 0.6) is 0 Å². The van der Waals surface area contributed by atoms with Crippen LogP contribution in [0.3, 0.4) is 0 Å². The lowest BCUT2D eigenvalue weighted by molar-refractivity contribution is -0.384. The van der Waals surface area contributed by atoms with Crippen LogP contribution in [0.1, 0.15) is 10.4 Å². The van der Waals surface area contributed by atoms with Gasteiger partial charge in [-0.05, 0) is 30.3 Å². The summed E-state index contributed by atoms with van der Waals surface area (Å²) >= 11 is 0. The van der Waals surface area contributed by atoms with Crippen LogP contribution in [0.15, 0.2) is 53.4 Å². The van der Waals surface area contributed by atoms with Gasteiger partial charge in [0.25, 0.3) is 5.69 Å². The van der Waals surface area contributed by atoms with E-state index in [0.717, 1.165) is 11.8 Å². The SMILES string of the molecule is O=C(O)c1cccc(S(=O)(=O)N2CCN(c3ccc([N+](=O)[O-])cc3)CC2)c1. The predicted octanol–water partition coefficient (Wildman–Crippen LogP) is 1.80. The molecule has 2 aromatic rings. The number of anilines is 1. The summed E-state index contributed by atoms with van der Waals surface area (Å²) in [6.07, 6.45) is 0. The maximum absolute atomic E-state index is 12.8. The topological polar surface area (TPSA) is 121 Å². The number of hydrogen-bond acceptors (Lipinski definition) is 6. The van der Waals surface area contributed by atoms with Gasteiger partial charge in [-0.25, -0.2) is 13.2 Å². The maximum atomic E-state index is 12.8. The van der Waals surface area contributed by atoms with Crippen molar-refractivity contribution in [1.82, 2.24) is 4.31 Å². The summed E-state index contributed by atoms with van der Waals surface area (Å²) in [6, 6.07) is 11.4. The van der Waals surface area contributed by atoms with Crippen molar-refractivity contribution in [3.8, 4) is 0 Å². The van der Waals surface area contributed by atoms with Gasteiger partial charge in [0.1, 0.15) is 0 Å². The molecule has 9 nitrogen and oxygen atoms in total. The summed E-state index contributed by atoms with van der Waals surface area (Å²) in [5.41, 5.74) is 0.699. The number of carboxylic acid groups (broad SMARTS) is 1. The molecule has 0 bridgehead atoms. The molecule has 0 unspecified atom stereocenters. The number of nitro benzene ring substituents is 1. The highest BCUT2D eigenvalue weighted by atomic mass is 32.2. The lowest BCUT2D eigenvalue weighted by Crippen LogP contribution is -2.48. The third-order valence-electron chi connectivity index (χ3n) is 4.38. The second kappa shape index (κ2) is 7.33. The Labute approximate surface area is 155 Å². The molecule has 142 valence electrons. The first-order chi connectivity index (χ1) is 12.8. The van der Waals surface area contributed by atoms with Crippen molar-refractivity contribution in [3.63, 3.8) is 0 Å². The fraction of sp³-hybridized carbons (Fsp3) is 0.235. The number of non-ortho nitro benzene ring substituents is 1. The van der Waals surface area contributed by atoms with Gasteiger partial charge in [0.15, 0.2) is 0 Å². The molecule has 0 aliphatic carbocycles. The zero-order chi connectivity index (χ0) is 19.6. The van der Waals surface area contributed by atoms with Crippen molar-refractivity contribution in [2.75, 3.05) is 31.1 Å². The number of benzene rings is 2. The maximum Gasteiger partial charge on any atom is 0.335 e. The summed E-state index contributed by atoms with van der Waals surface area (Å²) < 4.78 is 26.8. The zero-order valence-corrected chi connectivity index (χ0v) is 15.0. The Morgan fingerprint density at radius 3 is 2.22 bits per heavy atom. The van der Waals surface area contributed by atoms with Crippen molar-refractivity contribution < 1.29 is 23.2 Å². The largest absolute Gasteiger partial charge is 0.478 e. The van der Waals surface area contributed by atoms with Crippen LogP contribution in [0.2, 0.25) is 0 Å². The van der Waals surface area contributed by atoms with Crippen molar-refractivity contribution in [2.24, 2.45) is 0 Å². The minimum atomic E-state index is -3.79. The van der Waals surface area contributed by atoms with Gasteiger partial charge in [0, 0.05) is 44.0 Å². The smallest absolute Gasteiger partial charge is 0.335 e. The van der Waals surface area contributed by atoms with Crippen LogP contribution in [-0.4, -0.2) is 54.9 Å². The predicted molar refractivity (Wildman–Crippen MR) is 97.5 cm³/mol. The number of rotatable bonds is 5. The Bertz CT molecular complexity index is 966. The number of hydrogen-bond donors (Lipinski definition) is 1. The quantitative estimate of drug-likeness (QED) is 0.609. The van der Waals surface area contributed by atoms with Gasteiger partial charge in [-0.1, -0.05) is 6.07 Å². The minimum absolute atomic E-state index is 0.00160. The van der Waals surface area contributed by atoms with E-state index < -0.39 is 20.9 Å². The highest BCUT2D eigenvalue weighted by molar-refractivity contribution is 7.89. The summed E-state index contributed by atoms with van der Waals surface area (Å²) in [6.45, 7) is 1.32. The highest BCUT2D eigenvalue weighted by Crippen LogP contribution is 2.23. The molecule has 2 aromatic carbocycles. The van der Waals surface area contributed by atoms with E-state index in [9.17, 15) is 23.3 Å². The molecule has 0 saturated carbocycles. The highest BCUT2D eigenvalue weighted by Gasteiger charge is 2.29. The van der Waals surface area contributed by atoms with E-state index in [2.05, 4.69) is 0 Å². The van der Waals surface area contributed by atoms with E-state index in [-0.39, 0.29) is 29.2 Å². The Kier molecular flexibility index (Phi) is 5.10. The van der Waals surface area contributed by atoms with E-state index in [1.54, 1.807) is 12.1 Å². The molecule has 0 atom stereocenters. The molecule has 0 amide bonds. The van der Waals surface area contributed by atoms with E-state index >= 15 is 0 Å². The third-order valence-corrected chi connectivity index (χ3v) is 6.28. The van der Waals surface area contributed by atoms with E-state index in [0.29, 0.717) is 13.1 Å². The Morgan fingerprint density at radius 1 is 1.04 bits per heavy atom. The molecule has 0 radical (unpaired) electrons. The van der Waals surface area contributed by atoms with E-state index in [4.69, 9.17) is 5.11 Å². The molecule has 0 spiro atoms. The van der Waals surface area contributed by atoms with Crippen molar-refractivity contribution in [2.45, 2.75) is 4.90 Å². The number of nitro groups is 1. The normalized spacial score (nSPS) is 15.5. The summed E-state index contributed by atoms with van der Waals surface area (Å²) in [5.74, 6) is -1.19. The van der Waals surface area contributed by atoms with Gasteiger partial charge >= 0.3 is 5.97 Å². The van der Waals surface area contributed by atoms with Crippen LogP contribution >= 0.6 is 0 Å². The van der Waals surface area contributed by atoms with Gasteiger partial charge < -0.3 is 10.0 Å². The Morgan fingerprint density at radius 2 is 1.67 bits per heavy atom. The first-order valence-corrected chi connectivity index (χ1v) is 9.56. The average Bonchev–Trinajstić information content (AvgIpc) is 2.68. The molecule has 3 rings (SSSR count). The summed E-state index contributed by atoms with van der Waals surface area (Å²) in [4.78, 5) is 23.2. The molecular formula is C17H17N3O6S. The van der Waals surface area contributed by atoms with Gasteiger partial charge in [0.05, 0.1) is 15.4 Å². The Balaban J connectivity index is 1.72. The van der Waals surface area contributed by atoms with Gasteiger partial charge in [-0.2, -0.15) is 4.31 Å². The first-order valence-electron chi connectivity index (χ1n) is 8.12. The number of nitrogens with zero attached hydrogens (tertiary/aromatic N) is 3. The van der Waals surface area contributed by atoms with Crippen LogP contribution in [-0.2, 0) is 10.0 Å². The lowest BCUT2D eigenvalue weighted by atomic mass is 10.2. The van der Waals surface area contributed by atoms with Crippen molar-refractivity contribution >= 4 is 27.4 Å². The third kappa shape index (κ3) is 3.91. The molecule has 1 heterocycles. The van der Waals surface area contributed by atoms with E-state index in [1.165, 1.54) is 34.6 Å². The number of sulfonamides is 1. The minimum Gasteiger partial charge on any atom is -0.478 e. The molecule has 0 aromatic heterocycles. The number of carboxylic acids is 1. The number of carbonyl (C=O) groups is 1. The molecular weight excluding hydrogens is 374 g/mol. The Hall–Kier alpha value is -2.98. The van der Waals surface area contributed by atoms with Crippen LogP contribution in [0.25, 0.3) is 0 Å². The fourth-order valence-electron chi connectivity index (χ4n) is 2.91. The van der Waals surface area contributed by atoms with Crippen LogP contribution in [0.4, 0.5) is 11.4 Å². The van der Waals surface area contributed by atoms with Crippen molar-refractivity contribution in [1.29, 1.82) is 0 Å². The number of piperazine rings is 1. The second-order valence-corrected chi connectivity index (χ2v) is 7.94. The van der Waals surface area contributed by atoms with Crippen LogP contribution in [0, 0.1) is 10.1 Å². The zero-order valence-electron chi connectivity index (χ0n) is 14.2. The molecule has 1 N–H and O–H groups in total. The second-order valence-electron chi connectivity index (χ2n) is 6.00.